The average molecular weight is 408 g/mol. The van der Waals surface area contributed by atoms with Crippen LogP contribution in [-0.4, -0.2) is 49.1 Å². The summed E-state index contributed by atoms with van der Waals surface area (Å²) >= 11 is 0. The Morgan fingerprint density at radius 1 is 1.07 bits per heavy atom. The van der Waals surface area contributed by atoms with Gasteiger partial charge in [-0.1, -0.05) is 43.7 Å². The molecule has 1 N–H and O–H groups in total. The Morgan fingerprint density at radius 3 is 2.36 bits per heavy atom. The summed E-state index contributed by atoms with van der Waals surface area (Å²) in [6, 6.07) is 8.06. The Morgan fingerprint density at radius 2 is 1.71 bits per heavy atom. The molecule has 156 valence electrons. The topological polar surface area (TPSA) is 69.7 Å². The van der Waals surface area contributed by atoms with Gasteiger partial charge in [-0.25, -0.2) is 0 Å². The standard InChI is InChI=1S/C21H33N3O3S/c1-16-6-8-19(9-7-16)12-22-21(25)20-5-4-10-23(15-20)28(26,27)24-13-17(2)11-18(3)14-24/h6-9,17-18,20H,4-5,10-15H2,1-3H3,(H,22,25)/t17-,18-,20+/m0/s1. The molecule has 2 aliphatic rings. The van der Waals surface area contributed by atoms with Crippen LogP contribution in [0.2, 0.25) is 0 Å². The predicted octanol–water partition coefficient (Wildman–Crippen LogP) is 2.55. The average Bonchev–Trinajstić information content (AvgIpc) is 2.66. The van der Waals surface area contributed by atoms with Crippen LogP contribution >= 0.6 is 0 Å². The van der Waals surface area contributed by atoms with Gasteiger partial charge < -0.3 is 5.32 Å². The zero-order valence-electron chi connectivity index (χ0n) is 17.2. The van der Waals surface area contributed by atoms with Crippen LogP contribution in [0, 0.1) is 24.7 Å². The smallest absolute Gasteiger partial charge is 0.282 e. The number of carbonyl (C=O) groups is 1. The lowest BCUT2D eigenvalue weighted by atomic mass is 9.94. The zero-order chi connectivity index (χ0) is 20.3. The maximum absolute atomic E-state index is 13.1. The van der Waals surface area contributed by atoms with Crippen molar-refractivity contribution < 1.29 is 13.2 Å². The quantitative estimate of drug-likeness (QED) is 0.815. The summed E-state index contributed by atoms with van der Waals surface area (Å²) in [4.78, 5) is 12.6. The molecule has 0 radical (unpaired) electrons. The van der Waals surface area contributed by atoms with E-state index in [2.05, 4.69) is 19.2 Å². The van der Waals surface area contributed by atoms with Crippen LogP contribution in [0.4, 0.5) is 0 Å². The first-order chi connectivity index (χ1) is 13.3. The second-order valence-corrected chi connectivity index (χ2v) is 10.6. The molecule has 0 unspecified atom stereocenters. The summed E-state index contributed by atoms with van der Waals surface area (Å²) in [6.45, 7) is 8.66. The largest absolute Gasteiger partial charge is 0.352 e. The summed E-state index contributed by atoms with van der Waals surface area (Å²) < 4.78 is 29.4. The van der Waals surface area contributed by atoms with Crippen molar-refractivity contribution in [1.82, 2.24) is 13.9 Å². The summed E-state index contributed by atoms with van der Waals surface area (Å²) in [5, 5.41) is 2.98. The highest BCUT2D eigenvalue weighted by Crippen LogP contribution is 2.27. The summed E-state index contributed by atoms with van der Waals surface area (Å²) in [5.41, 5.74) is 2.24. The van der Waals surface area contributed by atoms with Crippen molar-refractivity contribution in [3.05, 3.63) is 35.4 Å². The lowest BCUT2D eigenvalue weighted by Crippen LogP contribution is -2.53. The molecule has 28 heavy (non-hydrogen) atoms. The molecule has 6 nitrogen and oxygen atoms in total. The molecule has 2 aliphatic heterocycles. The number of benzene rings is 1. The lowest BCUT2D eigenvalue weighted by molar-refractivity contribution is -0.126. The van der Waals surface area contributed by atoms with E-state index in [0.29, 0.717) is 38.0 Å². The number of nitrogens with zero attached hydrogens (tertiary/aromatic N) is 2. The number of carbonyl (C=O) groups excluding carboxylic acids is 1. The lowest BCUT2D eigenvalue weighted by Gasteiger charge is -2.39. The highest BCUT2D eigenvalue weighted by molar-refractivity contribution is 7.86. The summed E-state index contributed by atoms with van der Waals surface area (Å²) in [7, 11) is -3.50. The van der Waals surface area contributed by atoms with E-state index in [-0.39, 0.29) is 18.4 Å². The maximum Gasteiger partial charge on any atom is 0.282 e. The van der Waals surface area contributed by atoms with E-state index in [1.807, 2.05) is 31.2 Å². The van der Waals surface area contributed by atoms with Gasteiger partial charge in [-0.3, -0.25) is 4.79 Å². The fourth-order valence-electron chi connectivity index (χ4n) is 4.36. The molecule has 1 aromatic rings. The van der Waals surface area contributed by atoms with Crippen LogP contribution in [0.3, 0.4) is 0 Å². The van der Waals surface area contributed by atoms with Crippen molar-refractivity contribution in [2.24, 2.45) is 17.8 Å². The van der Waals surface area contributed by atoms with Gasteiger partial charge in [0, 0.05) is 32.7 Å². The zero-order valence-corrected chi connectivity index (χ0v) is 18.0. The van der Waals surface area contributed by atoms with Crippen molar-refractivity contribution in [3.63, 3.8) is 0 Å². The Balaban J connectivity index is 1.59. The number of aryl methyl sites for hydroxylation is 1. The molecule has 0 aliphatic carbocycles. The maximum atomic E-state index is 13.1. The summed E-state index contributed by atoms with van der Waals surface area (Å²) in [5.74, 6) is 0.406. The SMILES string of the molecule is Cc1ccc(CNC(=O)[C@@H]2CCCN(S(=O)(=O)N3C[C@@H](C)C[C@H](C)C3)C2)cc1. The van der Waals surface area contributed by atoms with Gasteiger partial charge >= 0.3 is 0 Å². The van der Waals surface area contributed by atoms with E-state index in [1.54, 1.807) is 4.31 Å². The molecule has 0 aromatic heterocycles. The minimum Gasteiger partial charge on any atom is -0.352 e. The number of rotatable bonds is 5. The van der Waals surface area contributed by atoms with E-state index < -0.39 is 10.2 Å². The minimum atomic E-state index is -3.50. The van der Waals surface area contributed by atoms with Crippen LogP contribution in [0.25, 0.3) is 0 Å². The molecule has 2 saturated heterocycles. The number of amides is 1. The Hall–Kier alpha value is -1.44. The van der Waals surface area contributed by atoms with Gasteiger partial charge in [-0.05, 0) is 43.6 Å². The van der Waals surface area contributed by atoms with Crippen molar-refractivity contribution in [3.8, 4) is 0 Å². The fraction of sp³-hybridized carbons (Fsp3) is 0.667. The molecule has 3 rings (SSSR count). The van der Waals surface area contributed by atoms with Crippen LogP contribution in [0.1, 0.15) is 44.2 Å². The predicted molar refractivity (Wildman–Crippen MR) is 111 cm³/mol. The molecular weight excluding hydrogens is 374 g/mol. The van der Waals surface area contributed by atoms with E-state index >= 15 is 0 Å². The molecule has 2 fully saturated rings. The monoisotopic (exact) mass is 407 g/mol. The van der Waals surface area contributed by atoms with Crippen LogP contribution in [0.5, 0.6) is 0 Å². The van der Waals surface area contributed by atoms with Gasteiger partial charge in [-0.15, -0.1) is 0 Å². The van der Waals surface area contributed by atoms with Crippen LogP contribution < -0.4 is 5.32 Å². The normalized spacial score (nSPS) is 27.5. The van der Waals surface area contributed by atoms with Gasteiger partial charge in [0.2, 0.25) is 5.91 Å². The first-order valence-electron chi connectivity index (χ1n) is 10.3. The van der Waals surface area contributed by atoms with Crippen LogP contribution in [0.15, 0.2) is 24.3 Å². The Bertz CT molecular complexity index is 769. The molecule has 0 spiro atoms. The van der Waals surface area contributed by atoms with Crippen molar-refractivity contribution in [2.75, 3.05) is 26.2 Å². The molecular formula is C21H33N3O3S. The van der Waals surface area contributed by atoms with Gasteiger partial charge in [0.05, 0.1) is 5.92 Å². The third-order valence-corrected chi connectivity index (χ3v) is 7.77. The third-order valence-electron chi connectivity index (χ3n) is 5.83. The Kier molecular flexibility index (Phi) is 6.78. The molecule has 1 aromatic carbocycles. The minimum absolute atomic E-state index is 0.0548. The van der Waals surface area contributed by atoms with Crippen molar-refractivity contribution >= 4 is 16.1 Å². The second kappa shape index (κ2) is 8.93. The highest BCUT2D eigenvalue weighted by atomic mass is 32.2. The molecule has 7 heteroatoms. The number of piperidine rings is 2. The van der Waals surface area contributed by atoms with E-state index in [9.17, 15) is 13.2 Å². The second-order valence-electron chi connectivity index (χ2n) is 8.67. The van der Waals surface area contributed by atoms with Gasteiger partial charge in [-0.2, -0.15) is 17.0 Å². The van der Waals surface area contributed by atoms with Crippen LogP contribution in [-0.2, 0) is 21.5 Å². The molecule has 1 amide bonds. The third kappa shape index (κ3) is 5.13. The number of nitrogens with one attached hydrogen (secondary N) is 1. The highest BCUT2D eigenvalue weighted by Gasteiger charge is 2.38. The van der Waals surface area contributed by atoms with Crippen molar-refractivity contribution in [2.45, 2.75) is 46.6 Å². The molecule has 0 bridgehead atoms. The Labute approximate surface area is 169 Å². The first-order valence-corrected chi connectivity index (χ1v) is 11.7. The van der Waals surface area contributed by atoms with Gasteiger partial charge in [0.1, 0.15) is 0 Å². The molecule has 0 saturated carbocycles. The fourth-order valence-corrected chi connectivity index (χ4v) is 6.30. The number of hydrogen-bond acceptors (Lipinski definition) is 3. The van der Waals surface area contributed by atoms with Gasteiger partial charge in [0.15, 0.2) is 0 Å². The van der Waals surface area contributed by atoms with E-state index in [4.69, 9.17) is 0 Å². The number of hydrogen-bond donors (Lipinski definition) is 1. The first kappa shape index (κ1) is 21.3. The van der Waals surface area contributed by atoms with Crippen molar-refractivity contribution in [1.29, 1.82) is 0 Å². The molecule has 2 heterocycles. The molecule has 3 atom stereocenters. The van der Waals surface area contributed by atoms with Gasteiger partial charge in [0.25, 0.3) is 10.2 Å². The van der Waals surface area contributed by atoms with E-state index in [1.165, 1.54) is 9.87 Å². The van der Waals surface area contributed by atoms with E-state index in [0.717, 1.165) is 24.8 Å². The summed E-state index contributed by atoms with van der Waals surface area (Å²) in [6.07, 6.45) is 2.52.